The van der Waals surface area contributed by atoms with Gasteiger partial charge in [0.05, 0.1) is 6.42 Å². The van der Waals surface area contributed by atoms with Crippen LogP contribution in [0, 0.1) is 13.8 Å². The molecule has 0 aliphatic carbocycles. The summed E-state index contributed by atoms with van der Waals surface area (Å²) in [4.78, 5) is 20.5. The molecular formula is C17H17N5O. The number of aromatic amines is 1. The zero-order valence-corrected chi connectivity index (χ0v) is 13.0. The highest BCUT2D eigenvalue weighted by Crippen LogP contribution is 2.16. The van der Waals surface area contributed by atoms with Crippen LogP contribution in [-0.4, -0.2) is 26.1 Å². The van der Waals surface area contributed by atoms with Gasteiger partial charge in [0.1, 0.15) is 5.82 Å². The van der Waals surface area contributed by atoms with E-state index in [0.717, 1.165) is 22.4 Å². The SMILES string of the molecule is Cc1ccc(NC(=O)Cc2nc(-c3cccnc3)n[nH]2)c(C)c1. The minimum absolute atomic E-state index is 0.133. The Labute approximate surface area is 134 Å². The fraction of sp³-hybridized carbons (Fsp3) is 0.176. The Morgan fingerprint density at radius 2 is 2.13 bits per heavy atom. The van der Waals surface area contributed by atoms with Gasteiger partial charge in [0, 0.05) is 23.6 Å². The van der Waals surface area contributed by atoms with E-state index in [2.05, 4.69) is 25.5 Å². The van der Waals surface area contributed by atoms with Crippen molar-refractivity contribution in [3.63, 3.8) is 0 Å². The second kappa shape index (κ2) is 6.39. The van der Waals surface area contributed by atoms with Gasteiger partial charge < -0.3 is 5.32 Å². The van der Waals surface area contributed by atoms with Crippen LogP contribution in [0.1, 0.15) is 17.0 Å². The maximum absolute atomic E-state index is 12.2. The number of benzene rings is 1. The maximum Gasteiger partial charge on any atom is 0.232 e. The van der Waals surface area contributed by atoms with Crippen LogP contribution in [0.3, 0.4) is 0 Å². The van der Waals surface area contributed by atoms with Crippen molar-refractivity contribution >= 4 is 11.6 Å². The first-order chi connectivity index (χ1) is 11.1. The van der Waals surface area contributed by atoms with Gasteiger partial charge in [-0.2, -0.15) is 5.10 Å². The third-order valence-electron chi connectivity index (χ3n) is 3.44. The van der Waals surface area contributed by atoms with E-state index in [0.29, 0.717) is 11.6 Å². The van der Waals surface area contributed by atoms with Crippen molar-refractivity contribution in [1.29, 1.82) is 0 Å². The number of nitrogens with one attached hydrogen (secondary N) is 2. The number of carbonyl (C=O) groups is 1. The average molecular weight is 307 g/mol. The first kappa shape index (κ1) is 14.9. The van der Waals surface area contributed by atoms with E-state index < -0.39 is 0 Å². The van der Waals surface area contributed by atoms with E-state index in [9.17, 15) is 4.79 Å². The van der Waals surface area contributed by atoms with E-state index in [4.69, 9.17) is 0 Å². The number of aromatic nitrogens is 4. The molecule has 0 aliphatic rings. The molecule has 1 aromatic carbocycles. The van der Waals surface area contributed by atoms with Crippen LogP contribution >= 0.6 is 0 Å². The van der Waals surface area contributed by atoms with Crippen molar-refractivity contribution < 1.29 is 4.79 Å². The Kier molecular flexibility index (Phi) is 4.14. The summed E-state index contributed by atoms with van der Waals surface area (Å²) in [5, 5.41) is 9.81. The molecule has 0 saturated heterocycles. The number of rotatable bonds is 4. The lowest BCUT2D eigenvalue weighted by molar-refractivity contribution is -0.115. The van der Waals surface area contributed by atoms with Gasteiger partial charge in [-0.15, -0.1) is 0 Å². The molecule has 0 spiro atoms. The molecule has 2 N–H and O–H groups in total. The summed E-state index contributed by atoms with van der Waals surface area (Å²) >= 11 is 0. The van der Waals surface area contributed by atoms with Crippen molar-refractivity contribution in [2.45, 2.75) is 20.3 Å². The lowest BCUT2D eigenvalue weighted by Crippen LogP contribution is -2.16. The van der Waals surface area contributed by atoms with Gasteiger partial charge in [-0.25, -0.2) is 4.98 Å². The molecule has 0 saturated carbocycles. The standard InChI is InChI=1S/C17H17N5O/c1-11-5-6-14(12(2)8-11)19-16(23)9-15-20-17(22-21-15)13-4-3-7-18-10-13/h3-8,10H,9H2,1-2H3,(H,19,23)(H,20,21,22). The van der Waals surface area contributed by atoms with Crippen molar-refractivity contribution in [3.8, 4) is 11.4 Å². The number of pyridine rings is 1. The molecule has 3 rings (SSSR count). The van der Waals surface area contributed by atoms with Crippen LogP contribution in [0.5, 0.6) is 0 Å². The molecule has 2 heterocycles. The Morgan fingerprint density at radius 3 is 2.87 bits per heavy atom. The maximum atomic E-state index is 12.2. The van der Waals surface area contributed by atoms with E-state index in [1.807, 2.05) is 44.2 Å². The van der Waals surface area contributed by atoms with Gasteiger partial charge in [-0.3, -0.25) is 14.9 Å². The minimum atomic E-state index is -0.133. The van der Waals surface area contributed by atoms with Crippen LogP contribution in [0.2, 0.25) is 0 Å². The lowest BCUT2D eigenvalue weighted by Gasteiger charge is -2.08. The smallest absolute Gasteiger partial charge is 0.232 e. The predicted octanol–water partition coefficient (Wildman–Crippen LogP) is 2.66. The zero-order chi connectivity index (χ0) is 16.2. The van der Waals surface area contributed by atoms with Gasteiger partial charge in [0.15, 0.2) is 5.82 Å². The number of aryl methyl sites for hydroxylation is 2. The molecule has 6 heteroatoms. The largest absolute Gasteiger partial charge is 0.325 e. The first-order valence-electron chi connectivity index (χ1n) is 7.30. The molecule has 3 aromatic rings. The number of nitrogens with zero attached hydrogens (tertiary/aromatic N) is 3. The molecule has 0 unspecified atom stereocenters. The van der Waals surface area contributed by atoms with E-state index in [-0.39, 0.29) is 12.3 Å². The first-order valence-corrected chi connectivity index (χ1v) is 7.30. The molecule has 116 valence electrons. The highest BCUT2D eigenvalue weighted by molar-refractivity contribution is 5.92. The summed E-state index contributed by atoms with van der Waals surface area (Å²) in [6.07, 6.45) is 3.51. The van der Waals surface area contributed by atoms with Crippen LogP contribution in [0.25, 0.3) is 11.4 Å². The summed E-state index contributed by atoms with van der Waals surface area (Å²) in [6.45, 7) is 3.99. The third-order valence-corrected chi connectivity index (χ3v) is 3.44. The third kappa shape index (κ3) is 3.60. The number of hydrogen-bond acceptors (Lipinski definition) is 4. The highest BCUT2D eigenvalue weighted by atomic mass is 16.1. The molecule has 1 amide bonds. The zero-order valence-electron chi connectivity index (χ0n) is 13.0. The molecule has 23 heavy (non-hydrogen) atoms. The van der Waals surface area contributed by atoms with Gasteiger partial charge >= 0.3 is 0 Å². The van der Waals surface area contributed by atoms with Crippen LogP contribution < -0.4 is 5.32 Å². The molecule has 0 bridgehead atoms. The number of anilines is 1. The van der Waals surface area contributed by atoms with Crippen molar-refractivity contribution in [1.82, 2.24) is 20.2 Å². The number of amides is 1. The minimum Gasteiger partial charge on any atom is -0.325 e. The fourth-order valence-corrected chi connectivity index (χ4v) is 2.30. The van der Waals surface area contributed by atoms with Crippen molar-refractivity contribution in [2.24, 2.45) is 0 Å². The predicted molar refractivity (Wildman–Crippen MR) is 87.9 cm³/mol. The Balaban J connectivity index is 1.68. The topological polar surface area (TPSA) is 83.6 Å². The van der Waals surface area contributed by atoms with Gasteiger partial charge in [0.25, 0.3) is 0 Å². The number of hydrogen-bond donors (Lipinski definition) is 2. The summed E-state index contributed by atoms with van der Waals surface area (Å²) < 4.78 is 0. The summed E-state index contributed by atoms with van der Waals surface area (Å²) in [6, 6.07) is 9.60. The summed E-state index contributed by atoms with van der Waals surface area (Å²) in [5.74, 6) is 0.921. The highest BCUT2D eigenvalue weighted by Gasteiger charge is 2.11. The van der Waals surface area contributed by atoms with E-state index >= 15 is 0 Å². The number of carbonyl (C=O) groups excluding carboxylic acids is 1. The molecule has 0 radical (unpaired) electrons. The monoisotopic (exact) mass is 307 g/mol. The van der Waals surface area contributed by atoms with Crippen LogP contribution in [-0.2, 0) is 11.2 Å². The van der Waals surface area contributed by atoms with Gasteiger partial charge in [0.2, 0.25) is 5.91 Å². The Bertz CT molecular complexity index is 826. The molecule has 2 aromatic heterocycles. The van der Waals surface area contributed by atoms with Crippen molar-refractivity contribution in [3.05, 3.63) is 59.7 Å². The van der Waals surface area contributed by atoms with Gasteiger partial charge in [-0.1, -0.05) is 17.7 Å². The number of H-pyrrole nitrogens is 1. The van der Waals surface area contributed by atoms with Gasteiger partial charge in [-0.05, 0) is 37.6 Å². The molecular weight excluding hydrogens is 290 g/mol. The molecule has 0 aliphatic heterocycles. The van der Waals surface area contributed by atoms with E-state index in [1.54, 1.807) is 12.4 Å². The summed E-state index contributed by atoms with van der Waals surface area (Å²) in [5.41, 5.74) is 3.82. The quantitative estimate of drug-likeness (QED) is 0.776. The molecule has 0 atom stereocenters. The van der Waals surface area contributed by atoms with Crippen molar-refractivity contribution in [2.75, 3.05) is 5.32 Å². The molecule has 6 nitrogen and oxygen atoms in total. The van der Waals surface area contributed by atoms with Crippen LogP contribution in [0.4, 0.5) is 5.69 Å². The fourth-order valence-electron chi connectivity index (χ4n) is 2.30. The normalized spacial score (nSPS) is 10.5. The van der Waals surface area contributed by atoms with Crippen LogP contribution in [0.15, 0.2) is 42.7 Å². The second-order valence-electron chi connectivity index (χ2n) is 5.39. The van der Waals surface area contributed by atoms with E-state index in [1.165, 1.54) is 0 Å². The lowest BCUT2D eigenvalue weighted by atomic mass is 10.1. The molecule has 0 fully saturated rings. The Hall–Kier alpha value is -3.02. The Morgan fingerprint density at radius 1 is 1.26 bits per heavy atom. The average Bonchev–Trinajstić information content (AvgIpc) is 2.99. The second-order valence-corrected chi connectivity index (χ2v) is 5.39. The summed E-state index contributed by atoms with van der Waals surface area (Å²) in [7, 11) is 0.